The molecule has 0 aromatic heterocycles. The molecule has 1 aliphatic rings. The summed E-state index contributed by atoms with van der Waals surface area (Å²) in [4.78, 5) is 2.12. The van der Waals surface area contributed by atoms with Crippen molar-refractivity contribution in [2.45, 2.75) is 12.1 Å². The lowest BCUT2D eigenvalue weighted by Crippen LogP contribution is -2.45. The standard InChI is InChI=1S/C13H19FN2O/c1-16(2)13(12-9-15-7-8-17-12)10-3-5-11(14)6-4-10/h3-6,12-13,15H,7-9H2,1-2H3. The smallest absolute Gasteiger partial charge is 0.123 e. The number of nitrogens with one attached hydrogen (secondary N) is 1. The Morgan fingerprint density at radius 3 is 2.59 bits per heavy atom. The van der Waals surface area contributed by atoms with Gasteiger partial charge in [-0.2, -0.15) is 0 Å². The normalized spacial score (nSPS) is 22.7. The van der Waals surface area contributed by atoms with E-state index in [1.165, 1.54) is 12.1 Å². The van der Waals surface area contributed by atoms with Gasteiger partial charge in [0.2, 0.25) is 0 Å². The van der Waals surface area contributed by atoms with E-state index in [1.54, 1.807) is 0 Å². The van der Waals surface area contributed by atoms with Gasteiger partial charge in [-0.25, -0.2) is 4.39 Å². The molecule has 1 aliphatic heterocycles. The molecule has 0 amide bonds. The fraction of sp³-hybridized carbons (Fsp3) is 0.538. The van der Waals surface area contributed by atoms with Gasteiger partial charge < -0.3 is 15.0 Å². The van der Waals surface area contributed by atoms with E-state index in [0.29, 0.717) is 0 Å². The van der Waals surface area contributed by atoms with Crippen LogP contribution in [0.4, 0.5) is 4.39 Å². The molecule has 1 N–H and O–H groups in total. The summed E-state index contributed by atoms with van der Waals surface area (Å²) >= 11 is 0. The van der Waals surface area contributed by atoms with E-state index >= 15 is 0 Å². The highest BCUT2D eigenvalue weighted by molar-refractivity contribution is 5.21. The van der Waals surface area contributed by atoms with E-state index in [1.807, 2.05) is 26.2 Å². The van der Waals surface area contributed by atoms with Gasteiger partial charge in [-0.1, -0.05) is 12.1 Å². The molecule has 1 aromatic carbocycles. The summed E-state index contributed by atoms with van der Waals surface area (Å²) in [7, 11) is 4.04. The van der Waals surface area contributed by atoms with Crippen molar-refractivity contribution in [1.82, 2.24) is 10.2 Å². The van der Waals surface area contributed by atoms with Crippen LogP contribution in [0.5, 0.6) is 0 Å². The van der Waals surface area contributed by atoms with Crippen LogP contribution in [0.2, 0.25) is 0 Å². The summed E-state index contributed by atoms with van der Waals surface area (Å²) in [5.74, 6) is -0.200. The average molecular weight is 238 g/mol. The molecule has 0 aliphatic carbocycles. The minimum Gasteiger partial charge on any atom is -0.374 e. The van der Waals surface area contributed by atoms with Crippen LogP contribution in [0, 0.1) is 5.82 Å². The number of morpholine rings is 1. The number of rotatable bonds is 3. The van der Waals surface area contributed by atoms with Crippen LogP contribution < -0.4 is 5.32 Å². The van der Waals surface area contributed by atoms with Crippen LogP contribution in [0.25, 0.3) is 0 Å². The van der Waals surface area contributed by atoms with Crippen molar-refractivity contribution in [1.29, 1.82) is 0 Å². The molecule has 3 nitrogen and oxygen atoms in total. The summed E-state index contributed by atoms with van der Waals surface area (Å²) < 4.78 is 18.7. The Morgan fingerprint density at radius 2 is 2.06 bits per heavy atom. The predicted octanol–water partition coefficient (Wildman–Crippen LogP) is 1.42. The quantitative estimate of drug-likeness (QED) is 0.862. The topological polar surface area (TPSA) is 24.5 Å². The molecule has 0 bridgehead atoms. The molecular weight excluding hydrogens is 219 g/mol. The highest BCUT2D eigenvalue weighted by Gasteiger charge is 2.27. The van der Waals surface area contributed by atoms with Crippen molar-refractivity contribution in [2.24, 2.45) is 0 Å². The van der Waals surface area contributed by atoms with E-state index in [2.05, 4.69) is 10.2 Å². The molecule has 17 heavy (non-hydrogen) atoms. The zero-order valence-electron chi connectivity index (χ0n) is 10.3. The lowest BCUT2D eigenvalue weighted by atomic mass is 9.99. The first-order chi connectivity index (χ1) is 8.18. The maximum atomic E-state index is 12.9. The molecule has 1 saturated heterocycles. The minimum absolute atomic E-state index is 0.115. The Labute approximate surface area is 102 Å². The van der Waals surface area contributed by atoms with Crippen molar-refractivity contribution in [3.63, 3.8) is 0 Å². The second-order valence-electron chi connectivity index (χ2n) is 4.57. The summed E-state index contributed by atoms with van der Waals surface area (Å²) in [6.07, 6.45) is 0.115. The lowest BCUT2D eigenvalue weighted by Gasteiger charge is -2.35. The van der Waals surface area contributed by atoms with E-state index in [9.17, 15) is 4.39 Å². The summed E-state index contributed by atoms with van der Waals surface area (Å²) in [5.41, 5.74) is 1.09. The van der Waals surface area contributed by atoms with Crippen molar-refractivity contribution in [3.05, 3.63) is 35.6 Å². The lowest BCUT2D eigenvalue weighted by molar-refractivity contribution is -0.0211. The number of halogens is 1. The molecule has 2 unspecified atom stereocenters. The number of hydrogen-bond donors (Lipinski definition) is 1. The predicted molar refractivity (Wildman–Crippen MR) is 65.4 cm³/mol. The van der Waals surface area contributed by atoms with Crippen LogP contribution in [0.3, 0.4) is 0 Å². The van der Waals surface area contributed by atoms with Gasteiger partial charge in [-0.3, -0.25) is 0 Å². The molecule has 1 fully saturated rings. The first-order valence-electron chi connectivity index (χ1n) is 5.92. The van der Waals surface area contributed by atoms with Crippen molar-refractivity contribution in [2.75, 3.05) is 33.8 Å². The summed E-state index contributed by atoms with van der Waals surface area (Å²) in [6, 6.07) is 6.82. The molecule has 1 aromatic rings. The third-order valence-electron chi connectivity index (χ3n) is 3.08. The number of ether oxygens (including phenoxy) is 1. The highest BCUT2D eigenvalue weighted by Crippen LogP contribution is 2.25. The zero-order chi connectivity index (χ0) is 12.3. The largest absolute Gasteiger partial charge is 0.374 e. The first-order valence-corrected chi connectivity index (χ1v) is 5.92. The Kier molecular flexibility index (Phi) is 4.10. The monoisotopic (exact) mass is 238 g/mol. The van der Waals surface area contributed by atoms with Gasteiger partial charge in [0, 0.05) is 13.1 Å². The fourth-order valence-corrected chi connectivity index (χ4v) is 2.29. The van der Waals surface area contributed by atoms with Gasteiger partial charge in [-0.05, 0) is 31.8 Å². The van der Waals surface area contributed by atoms with E-state index < -0.39 is 0 Å². The van der Waals surface area contributed by atoms with E-state index in [4.69, 9.17) is 4.74 Å². The molecule has 0 saturated carbocycles. The van der Waals surface area contributed by atoms with E-state index in [-0.39, 0.29) is 18.0 Å². The third kappa shape index (κ3) is 3.03. The summed E-state index contributed by atoms with van der Waals surface area (Å²) in [6.45, 7) is 2.47. The third-order valence-corrected chi connectivity index (χ3v) is 3.08. The van der Waals surface area contributed by atoms with Crippen LogP contribution in [-0.4, -0.2) is 44.8 Å². The van der Waals surface area contributed by atoms with Gasteiger partial charge in [0.25, 0.3) is 0 Å². The SMILES string of the molecule is CN(C)C(c1ccc(F)cc1)C1CNCCO1. The van der Waals surface area contributed by atoms with Gasteiger partial charge in [-0.15, -0.1) is 0 Å². The number of hydrogen-bond acceptors (Lipinski definition) is 3. The first kappa shape index (κ1) is 12.5. The van der Waals surface area contributed by atoms with Crippen molar-refractivity contribution < 1.29 is 9.13 Å². The van der Waals surface area contributed by atoms with Crippen LogP contribution >= 0.6 is 0 Å². The second kappa shape index (κ2) is 5.58. The summed E-state index contributed by atoms with van der Waals surface area (Å²) in [5, 5.41) is 3.33. The van der Waals surface area contributed by atoms with E-state index in [0.717, 1.165) is 25.3 Å². The zero-order valence-corrected chi connectivity index (χ0v) is 10.3. The number of likely N-dealkylation sites (N-methyl/N-ethyl adjacent to an activating group) is 1. The van der Waals surface area contributed by atoms with Gasteiger partial charge in [0.05, 0.1) is 18.8 Å². The Hall–Kier alpha value is -0.970. The van der Waals surface area contributed by atoms with Crippen LogP contribution in [0.1, 0.15) is 11.6 Å². The number of nitrogens with zero attached hydrogens (tertiary/aromatic N) is 1. The minimum atomic E-state index is -0.200. The maximum absolute atomic E-state index is 12.9. The molecular formula is C13H19FN2O. The van der Waals surface area contributed by atoms with Gasteiger partial charge in [0.1, 0.15) is 5.82 Å². The molecule has 0 radical (unpaired) electrons. The highest BCUT2D eigenvalue weighted by atomic mass is 19.1. The van der Waals surface area contributed by atoms with Gasteiger partial charge in [0.15, 0.2) is 0 Å². The molecule has 2 rings (SSSR count). The molecule has 4 heteroatoms. The molecule has 0 spiro atoms. The van der Waals surface area contributed by atoms with Gasteiger partial charge >= 0.3 is 0 Å². The fourth-order valence-electron chi connectivity index (χ4n) is 2.29. The second-order valence-corrected chi connectivity index (χ2v) is 4.57. The van der Waals surface area contributed by atoms with Crippen LogP contribution in [0.15, 0.2) is 24.3 Å². The Morgan fingerprint density at radius 1 is 1.35 bits per heavy atom. The van der Waals surface area contributed by atoms with Crippen molar-refractivity contribution >= 4 is 0 Å². The number of benzene rings is 1. The average Bonchev–Trinajstić information content (AvgIpc) is 2.33. The molecule has 1 heterocycles. The molecule has 94 valence electrons. The maximum Gasteiger partial charge on any atom is 0.123 e. The Balaban J connectivity index is 2.18. The van der Waals surface area contributed by atoms with Crippen LogP contribution in [-0.2, 0) is 4.74 Å². The Bertz CT molecular complexity index is 347. The molecule has 2 atom stereocenters. The van der Waals surface area contributed by atoms with Crippen molar-refractivity contribution in [3.8, 4) is 0 Å².